The zero-order valence-electron chi connectivity index (χ0n) is 13.7. The Morgan fingerprint density at radius 1 is 1.10 bits per heavy atom. The van der Waals surface area contributed by atoms with Crippen LogP contribution in [-0.4, -0.2) is 37.0 Å². The number of hydrogen-bond donors (Lipinski definition) is 2. The third-order valence-electron chi connectivity index (χ3n) is 3.05. The summed E-state index contributed by atoms with van der Waals surface area (Å²) in [6.45, 7) is 7.32. The molecule has 0 radical (unpaired) electrons. The molecule has 0 aliphatic heterocycles. The smallest absolute Gasteiger partial charge is 0.328 e. The van der Waals surface area contributed by atoms with Gasteiger partial charge in [0.1, 0.15) is 12.1 Å². The van der Waals surface area contributed by atoms with E-state index in [1.54, 1.807) is 0 Å². The first-order chi connectivity index (χ1) is 9.81. The number of hydrogen-bond acceptors (Lipinski definition) is 4. The van der Waals surface area contributed by atoms with E-state index >= 15 is 0 Å². The minimum atomic E-state index is -0.661. The van der Waals surface area contributed by atoms with Crippen molar-refractivity contribution in [3.63, 3.8) is 0 Å². The molecule has 21 heavy (non-hydrogen) atoms. The number of nitrogens with one attached hydrogen (secondary N) is 2. The lowest BCUT2D eigenvalue weighted by Crippen LogP contribution is -2.51. The zero-order valence-corrected chi connectivity index (χ0v) is 13.7. The van der Waals surface area contributed by atoms with E-state index in [1.807, 2.05) is 20.8 Å². The third kappa shape index (κ3) is 8.32. The van der Waals surface area contributed by atoms with E-state index in [2.05, 4.69) is 10.6 Å². The average Bonchev–Trinajstić information content (AvgIpc) is 2.40. The largest absolute Gasteiger partial charge is 0.467 e. The van der Waals surface area contributed by atoms with E-state index in [0.717, 1.165) is 12.8 Å². The van der Waals surface area contributed by atoms with Crippen LogP contribution in [0.25, 0.3) is 0 Å². The predicted octanol–water partition coefficient (Wildman–Crippen LogP) is 1.39. The molecule has 0 aromatic heterocycles. The fourth-order valence-electron chi connectivity index (χ4n) is 2.02. The molecule has 6 nitrogen and oxygen atoms in total. The second-order valence-electron chi connectivity index (χ2n) is 5.61. The maximum Gasteiger partial charge on any atom is 0.328 e. The van der Waals surface area contributed by atoms with Crippen LogP contribution < -0.4 is 10.6 Å². The van der Waals surface area contributed by atoms with Crippen molar-refractivity contribution in [3.8, 4) is 0 Å². The number of rotatable bonds is 9. The van der Waals surface area contributed by atoms with Crippen molar-refractivity contribution >= 4 is 17.8 Å². The van der Waals surface area contributed by atoms with Crippen molar-refractivity contribution in [3.05, 3.63) is 0 Å². The zero-order chi connectivity index (χ0) is 16.4. The molecule has 0 heterocycles. The first kappa shape index (κ1) is 19.4. The Kier molecular flexibility index (Phi) is 9.41. The molecule has 0 saturated carbocycles. The molecule has 0 fully saturated rings. The Labute approximate surface area is 127 Å². The van der Waals surface area contributed by atoms with Gasteiger partial charge in [-0.15, -0.1) is 0 Å². The molecule has 0 aliphatic rings. The van der Waals surface area contributed by atoms with Crippen molar-refractivity contribution in [2.75, 3.05) is 7.11 Å². The number of carbonyl (C=O) groups excluding carboxylic acids is 3. The first-order valence-corrected chi connectivity index (χ1v) is 7.47. The maximum atomic E-state index is 12.3. The molecule has 0 unspecified atom stereocenters. The Morgan fingerprint density at radius 2 is 1.71 bits per heavy atom. The van der Waals surface area contributed by atoms with Gasteiger partial charge in [0.05, 0.1) is 7.11 Å². The normalized spacial score (nSPS) is 13.4. The molecule has 2 amide bonds. The number of methoxy groups -OCH3 is 1. The second kappa shape index (κ2) is 10.2. The number of carbonyl (C=O) groups is 3. The van der Waals surface area contributed by atoms with Crippen LogP contribution >= 0.6 is 0 Å². The van der Waals surface area contributed by atoms with Gasteiger partial charge in [-0.3, -0.25) is 9.59 Å². The highest BCUT2D eigenvalue weighted by Gasteiger charge is 2.26. The molecule has 0 aromatic carbocycles. The Bertz CT molecular complexity index is 356. The van der Waals surface area contributed by atoms with Gasteiger partial charge in [-0.1, -0.05) is 33.6 Å². The minimum absolute atomic E-state index is 0.250. The van der Waals surface area contributed by atoms with E-state index in [0.29, 0.717) is 12.8 Å². The van der Waals surface area contributed by atoms with E-state index in [9.17, 15) is 14.4 Å². The topological polar surface area (TPSA) is 84.5 Å². The van der Waals surface area contributed by atoms with Gasteiger partial charge < -0.3 is 15.4 Å². The lowest BCUT2D eigenvalue weighted by Gasteiger charge is -2.23. The molecule has 6 heteroatoms. The fourth-order valence-corrected chi connectivity index (χ4v) is 2.02. The summed E-state index contributed by atoms with van der Waals surface area (Å²) >= 11 is 0. The van der Waals surface area contributed by atoms with Gasteiger partial charge in [0, 0.05) is 6.92 Å². The predicted molar refractivity (Wildman–Crippen MR) is 80.5 cm³/mol. The van der Waals surface area contributed by atoms with Gasteiger partial charge in [-0.2, -0.15) is 0 Å². The van der Waals surface area contributed by atoms with Crippen LogP contribution in [0.3, 0.4) is 0 Å². The molecule has 2 N–H and O–H groups in total. The summed E-state index contributed by atoms with van der Waals surface area (Å²) in [4.78, 5) is 35.2. The summed E-state index contributed by atoms with van der Waals surface area (Å²) in [5.74, 6) is -0.813. The highest BCUT2D eigenvalue weighted by Crippen LogP contribution is 2.08. The molecule has 0 spiro atoms. The summed E-state index contributed by atoms with van der Waals surface area (Å²) in [7, 11) is 1.30. The molecular formula is C15H28N2O4. The minimum Gasteiger partial charge on any atom is -0.467 e. The summed E-state index contributed by atoms with van der Waals surface area (Å²) in [5, 5.41) is 5.31. The maximum absolute atomic E-state index is 12.3. The van der Waals surface area contributed by atoms with Crippen molar-refractivity contribution < 1.29 is 19.1 Å². The van der Waals surface area contributed by atoms with Gasteiger partial charge in [-0.05, 0) is 18.8 Å². The number of esters is 1. The second-order valence-corrected chi connectivity index (χ2v) is 5.61. The van der Waals surface area contributed by atoms with Crippen LogP contribution in [0.1, 0.15) is 53.4 Å². The summed E-state index contributed by atoms with van der Waals surface area (Å²) in [6, 6.07) is -1.29. The summed E-state index contributed by atoms with van der Waals surface area (Å²) < 4.78 is 4.71. The lowest BCUT2D eigenvalue weighted by molar-refractivity contribution is -0.145. The van der Waals surface area contributed by atoms with Gasteiger partial charge >= 0.3 is 5.97 Å². The fraction of sp³-hybridized carbons (Fsp3) is 0.800. The van der Waals surface area contributed by atoms with E-state index < -0.39 is 18.1 Å². The molecule has 0 saturated heterocycles. The lowest BCUT2D eigenvalue weighted by atomic mass is 10.0. The number of unbranched alkanes of at least 4 members (excludes halogenated alkanes) is 1. The molecule has 0 rings (SSSR count). The van der Waals surface area contributed by atoms with Crippen molar-refractivity contribution in [2.24, 2.45) is 5.92 Å². The number of amides is 2. The quantitative estimate of drug-likeness (QED) is 0.630. The van der Waals surface area contributed by atoms with E-state index in [-0.39, 0.29) is 17.7 Å². The Hall–Kier alpha value is -1.59. The standard InChI is InChI=1S/C15H28N2O4/c1-6-7-8-12(15(20)21-5)17-14(19)13(9-10(2)3)16-11(4)18/h10,12-13H,6-9H2,1-5H3,(H,16,18)(H,17,19)/t12-,13-/m0/s1. The van der Waals surface area contributed by atoms with Gasteiger partial charge in [0.25, 0.3) is 0 Å². The van der Waals surface area contributed by atoms with Crippen LogP contribution in [-0.2, 0) is 19.1 Å². The molecule has 122 valence electrons. The van der Waals surface area contributed by atoms with Crippen molar-refractivity contribution in [2.45, 2.75) is 65.5 Å². The Morgan fingerprint density at radius 3 is 2.14 bits per heavy atom. The SMILES string of the molecule is CCCC[C@H](NC(=O)[C@H](CC(C)C)NC(C)=O)C(=O)OC. The first-order valence-electron chi connectivity index (χ1n) is 7.47. The Balaban J connectivity index is 4.79. The van der Waals surface area contributed by atoms with E-state index in [4.69, 9.17) is 4.74 Å². The molecular weight excluding hydrogens is 272 g/mol. The van der Waals surface area contributed by atoms with Gasteiger partial charge in [0.2, 0.25) is 11.8 Å². The van der Waals surface area contributed by atoms with Crippen LogP contribution in [0.4, 0.5) is 0 Å². The van der Waals surface area contributed by atoms with E-state index in [1.165, 1.54) is 14.0 Å². The van der Waals surface area contributed by atoms with Gasteiger partial charge in [0.15, 0.2) is 0 Å². The monoisotopic (exact) mass is 300 g/mol. The molecule has 0 aromatic rings. The average molecular weight is 300 g/mol. The van der Waals surface area contributed by atoms with Crippen LogP contribution in [0, 0.1) is 5.92 Å². The number of ether oxygens (including phenoxy) is 1. The highest BCUT2D eigenvalue weighted by atomic mass is 16.5. The van der Waals surface area contributed by atoms with Crippen LogP contribution in [0.2, 0.25) is 0 Å². The van der Waals surface area contributed by atoms with Crippen molar-refractivity contribution in [1.82, 2.24) is 10.6 Å². The third-order valence-corrected chi connectivity index (χ3v) is 3.05. The molecule has 0 bridgehead atoms. The molecule has 0 aliphatic carbocycles. The molecule has 2 atom stereocenters. The van der Waals surface area contributed by atoms with Crippen LogP contribution in [0.15, 0.2) is 0 Å². The highest BCUT2D eigenvalue weighted by molar-refractivity contribution is 5.90. The van der Waals surface area contributed by atoms with Gasteiger partial charge in [-0.25, -0.2) is 4.79 Å². The van der Waals surface area contributed by atoms with Crippen molar-refractivity contribution in [1.29, 1.82) is 0 Å². The van der Waals surface area contributed by atoms with Crippen LogP contribution in [0.5, 0.6) is 0 Å². The summed E-state index contributed by atoms with van der Waals surface area (Å²) in [6.07, 6.45) is 2.79. The summed E-state index contributed by atoms with van der Waals surface area (Å²) in [5.41, 5.74) is 0.